The van der Waals surface area contributed by atoms with Gasteiger partial charge in [-0.3, -0.25) is 4.99 Å². The van der Waals surface area contributed by atoms with Crippen LogP contribution in [-0.4, -0.2) is 37.3 Å². The minimum Gasteiger partial charge on any atom is -0.396 e. The van der Waals surface area contributed by atoms with E-state index in [1.807, 2.05) is 30.3 Å². The number of nitrogens with one attached hydrogen (secondary N) is 2. The van der Waals surface area contributed by atoms with Crippen molar-refractivity contribution in [2.75, 3.05) is 20.2 Å². The molecule has 0 radical (unpaired) electrons. The molecule has 6 heteroatoms. The van der Waals surface area contributed by atoms with Crippen molar-refractivity contribution in [3.8, 4) is 0 Å². The average Bonchev–Trinajstić information content (AvgIpc) is 3.40. The largest absolute Gasteiger partial charge is 0.396 e. The second-order valence-electron chi connectivity index (χ2n) is 6.47. The fourth-order valence-corrected chi connectivity index (χ4v) is 3.44. The first kappa shape index (κ1) is 18.7. The van der Waals surface area contributed by atoms with Gasteiger partial charge in [-0.1, -0.05) is 48.0 Å². The van der Waals surface area contributed by atoms with Crippen LogP contribution in [0.5, 0.6) is 0 Å². The molecule has 3 rings (SSSR count). The third-order valence-corrected chi connectivity index (χ3v) is 5.04. The summed E-state index contributed by atoms with van der Waals surface area (Å²) >= 11 is 6.15. The van der Waals surface area contributed by atoms with E-state index in [1.165, 1.54) is 6.07 Å². The fraction of sp³-hybridized carbons (Fsp3) is 0.350. The summed E-state index contributed by atoms with van der Waals surface area (Å²) in [7, 11) is 1.69. The van der Waals surface area contributed by atoms with Crippen molar-refractivity contribution in [2.45, 2.75) is 24.3 Å². The van der Waals surface area contributed by atoms with Crippen molar-refractivity contribution >= 4 is 17.6 Å². The highest BCUT2D eigenvalue weighted by Crippen LogP contribution is 2.44. The number of aliphatic hydroxyl groups is 1. The second kappa shape index (κ2) is 8.52. The van der Waals surface area contributed by atoms with Gasteiger partial charge in [0, 0.05) is 42.1 Å². The van der Waals surface area contributed by atoms with Gasteiger partial charge in [-0.25, -0.2) is 4.39 Å². The highest BCUT2D eigenvalue weighted by Gasteiger charge is 2.41. The van der Waals surface area contributed by atoms with E-state index < -0.39 is 0 Å². The van der Waals surface area contributed by atoms with Crippen molar-refractivity contribution < 1.29 is 9.50 Å². The Morgan fingerprint density at radius 2 is 2.04 bits per heavy atom. The van der Waals surface area contributed by atoms with Gasteiger partial charge in [-0.15, -0.1) is 0 Å². The molecule has 0 spiro atoms. The van der Waals surface area contributed by atoms with Crippen LogP contribution in [0.1, 0.15) is 29.4 Å². The lowest BCUT2D eigenvalue weighted by Gasteiger charge is -2.18. The van der Waals surface area contributed by atoms with Gasteiger partial charge in [0.25, 0.3) is 0 Å². The van der Waals surface area contributed by atoms with Gasteiger partial charge in [0.2, 0.25) is 0 Å². The summed E-state index contributed by atoms with van der Waals surface area (Å²) in [4.78, 5) is 4.23. The number of hydrogen-bond acceptors (Lipinski definition) is 2. The number of nitrogens with zero attached hydrogens (tertiary/aromatic N) is 1. The Morgan fingerprint density at radius 1 is 1.27 bits per heavy atom. The smallest absolute Gasteiger partial charge is 0.191 e. The number of aliphatic hydroxyl groups excluding tert-OH is 1. The third-order valence-electron chi connectivity index (χ3n) is 4.71. The lowest BCUT2D eigenvalue weighted by Crippen LogP contribution is -2.41. The summed E-state index contributed by atoms with van der Waals surface area (Å²) < 4.78 is 14.0. The van der Waals surface area contributed by atoms with Crippen molar-refractivity contribution in [1.82, 2.24) is 10.6 Å². The molecule has 0 bridgehead atoms. The third kappa shape index (κ3) is 4.34. The molecule has 1 fully saturated rings. The predicted octanol–water partition coefficient (Wildman–Crippen LogP) is 3.28. The van der Waals surface area contributed by atoms with Gasteiger partial charge < -0.3 is 15.7 Å². The summed E-state index contributed by atoms with van der Waals surface area (Å²) in [6.45, 7) is 0.600. The Morgan fingerprint density at radius 3 is 2.69 bits per heavy atom. The zero-order chi connectivity index (χ0) is 18.5. The summed E-state index contributed by atoms with van der Waals surface area (Å²) in [5, 5.41) is 16.7. The van der Waals surface area contributed by atoms with Gasteiger partial charge in [-0.05, 0) is 24.1 Å². The molecule has 3 atom stereocenters. The highest BCUT2D eigenvalue weighted by atomic mass is 35.5. The molecule has 2 aromatic carbocycles. The number of aliphatic imine (C=N–C) groups is 1. The SMILES string of the molecule is CN=C(NCC(CO)c1ccccc1)NC1CC1c1c(F)cccc1Cl. The molecular weight excluding hydrogens is 353 g/mol. The lowest BCUT2D eigenvalue weighted by molar-refractivity contribution is 0.265. The van der Waals surface area contributed by atoms with Crippen LogP contribution in [0.2, 0.25) is 5.02 Å². The number of hydrogen-bond donors (Lipinski definition) is 3. The van der Waals surface area contributed by atoms with Crippen LogP contribution in [-0.2, 0) is 0 Å². The lowest BCUT2D eigenvalue weighted by atomic mass is 10.0. The molecule has 0 aromatic heterocycles. The molecule has 1 saturated carbocycles. The van der Waals surface area contributed by atoms with Crippen LogP contribution < -0.4 is 10.6 Å². The van der Waals surface area contributed by atoms with E-state index in [2.05, 4.69) is 15.6 Å². The van der Waals surface area contributed by atoms with Crippen LogP contribution >= 0.6 is 11.6 Å². The number of halogens is 2. The Kier molecular flexibility index (Phi) is 6.12. The summed E-state index contributed by atoms with van der Waals surface area (Å²) in [5.74, 6) is 0.397. The topological polar surface area (TPSA) is 56.7 Å². The molecule has 0 heterocycles. The first-order chi connectivity index (χ1) is 12.6. The minimum atomic E-state index is -0.265. The van der Waals surface area contributed by atoms with Crippen molar-refractivity contribution in [3.05, 3.63) is 70.5 Å². The minimum absolute atomic E-state index is 0.0224. The average molecular weight is 376 g/mol. The molecule has 0 amide bonds. The van der Waals surface area contributed by atoms with E-state index in [9.17, 15) is 9.50 Å². The van der Waals surface area contributed by atoms with Gasteiger partial charge in [0.1, 0.15) is 5.82 Å². The molecule has 3 N–H and O–H groups in total. The van der Waals surface area contributed by atoms with Crippen LogP contribution in [0.25, 0.3) is 0 Å². The van der Waals surface area contributed by atoms with Crippen molar-refractivity contribution in [2.24, 2.45) is 4.99 Å². The first-order valence-electron chi connectivity index (χ1n) is 8.71. The summed E-state index contributed by atoms with van der Waals surface area (Å²) in [5.41, 5.74) is 1.64. The summed E-state index contributed by atoms with van der Waals surface area (Å²) in [6, 6.07) is 14.7. The van der Waals surface area contributed by atoms with Crippen LogP contribution in [0.15, 0.2) is 53.5 Å². The fourth-order valence-electron chi connectivity index (χ4n) is 3.14. The number of guanidine groups is 1. The standard InChI is InChI=1S/C20H23ClFN3O/c1-23-20(24-11-14(12-26)13-6-3-2-4-7-13)25-18-10-15(18)19-16(21)8-5-9-17(19)22/h2-9,14-15,18,26H,10-12H2,1H3,(H2,23,24,25). The van der Waals surface area contributed by atoms with E-state index in [-0.39, 0.29) is 30.3 Å². The molecule has 1 aliphatic carbocycles. The monoisotopic (exact) mass is 375 g/mol. The van der Waals surface area contributed by atoms with Gasteiger partial charge in [0.15, 0.2) is 5.96 Å². The molecule has 26 heavy (non-hydrogen) atoms. The highest BCUT2D eigenvalue weighted by molar-refractivity contribution is 6.31. The zero-order valence-electron chi connectivity index (χ0n) is 14.6. The van der Waals surface area contributed by atoms with Gasteiger partial charge in [-0.2, -0.15) is 0 Å². The van der Waals surface area contributed by atoms with Crippen LogP contribution in [0, 0.1) is 5.82 Å². The van der Waals surface area contributed by atoms with Gasteiger partial charge >= 0.3 is 0 Å². The number of benzene rings is 2. The molecule has 0 saturated heterocycles. The molecule has 1 aliphatic rings. The quantitative estimate of drug-likeness (QED) is 0.536. The Balaban J connectivity index is 1.56. The molecule has 3 unspecified atom stereocenters. The van der Waals surface area contributed by atoms with Gasteiger partial charge in [0.05, 0.1) is 6.61 Å². The maximum atomic E-state index is 14.0. The summed E-state index contributed by atoms with van der Waals surface area (Å²) in [6.07, 6.45) is 0.809. The maximum Gasteiger partial charge on any atom is 0.191 e. The van der Waals surface area contributed by atoms with Crippen molar-refractivity contribution in [3.63, 3.8) is 0 Å². The van der Waals surface area contributed by atoms with Crippen molar-refractivity contribution in [1.29, 1.82) is 0 Å². The number of rotatable bonds is 6. The molecule has 138 valence electrons. The molecular formula is C20H23ClFN3O. The Hall–Kier alpha value is -2.11. The molecule has 2 aromatic rings. The Labute approximate surface area is 158 Å². The van der Waals surface area contributed by atoms with E-state index in [1.54, 1.807) is 19.2 Å². The maximum absolute atomic E-state index is 14.0. The van der Waals surface area contributed by atoms with E-state index >= 15 is 0 Å². The molecule has 4 nitrogen and oxygen atoms in total. The van der Waals surface area contributed by atoms with Crippen LogP contribution in [0.3, 0.4) is 0 Å². The van der Waals surface area contributed by atoms with Crippen LogP contribution in [0.4, 0.5) is 4.39 Å². The van der Waals surface area contributed by atoms with E-state index in [4.69, 9.17) is 11.6 Å². The normalized spacial score (nSPS) is 20.5. The zero-order valence-corrected chi connectivity index (χ0v) is 15.4. The second-order valence-corrected chi connectivity index (χ2v) is 6.88. The van der Waals surface area contributed by atoms with E-state index in [0.717, 1.165) is 12.0 Å². The Bertz CT molecular complexity index is 749. The first-order valence-corrected chi connectivity index (χ1v) is 9.08. The van der Waals surface area contributed by atoms with E-state index in [0.29, 0.717) is 23.1 Å². The molecule has 0 aliphatic heterocycles. The predicted molar refractivity (Wildman–Crippen MR) is 103 cm³/mol.